The molecule has 8 heteroatoms. The molecule has 1 heterocycles. The topological polar surface area (TPSA) is 109 Å². The number of carbonyl (C=O) groups excluding carboxylic acids is 1. The number of amides is 1. The van der Waals surface area contributed by atoms with Gasteiger partial charge in [-0.3, -0.25) is 19.8 Å². The first kappa shape index (κ1) is 19.8. The summed E-state index contributed by atoms with van der Waals surface area (Å²) in [6, 6.07) is 12.7. The fourth-order valence-corrected chi connectivity index (χ4v) is 3.09. The fraction of sp³-hybridized carbons (Fsp3) is 0.190. The number of benzene rings is 2. The van der Waals surface area contributed by atoms with Crippen molar-refractivity contribution in [3.05, 3.63) is 75.8 Å². The third-order valence-electron chi connectivity index (χ3n) is 4.31. The highest BCUT2D eigenvalue weighted by molar-refractivity contribution is 6.12. The molecule has 0 aromatic heterocycles. The van der Waals surface area contributed by atoms with E-state index in [0.717, 1.165) is 0 Å². The maximum Gasteiger partial charge on any atom is 0.270 e. The lowest BCUT2D eigenvalue weighted by molar-refractivity contribution is -0.384. The summed E-state index contributed by atoms with van der Waals surface area (Å²) < 4.78 is 5.92. The van der Waals surface area contributed by atoms with Crippen LogP contribution < -0.4 is 4.74 Å². The number of rotatable bonds is 3. The molecule has 0 spiro atoms. The molecule has 0 saturated carbocycles. The largest absolute Gasteiger partial charge is 0.483 e. The van der Waals surface area contributed by atoms with Crippen LogP contribution in [0.2, 0.25) is 0 Å². The molecule has 1 aliphatic rings. The Morgan fingerprint density at radius 1 is 1.24 bits per heavy atom. The Labute approximate surface area is 167 Å². The normalized spacial score (nSPS) is 14.7. The number of ether oxygens (including phenoxy) is 1. The molecular formula is C21H18N4O4. The van der Waals surface area contributed by atoms with E-state index in [4.69, 9.17) is 10.00 Å². The van der Waals surface area contributed by atoms with Crippen LogP contribution in [0.4, 0.5) is 5.69 Å². The molecule has 0 bridgehead atoms. The summed E-state index contributed by atoms with van der Waals surface area (Å²) in [7, 11) is 0. The highest BCUT2D eigenvalue weighted by Crippen LogP contribution is 2.40. The number of hydrogen-bond acceptors (Lipinski definition) is 6. The second-order valence-electron chi connectivity index (χ2n) is 6.94. The lowest BCUT2D eigenvalue weighted by Crippen LogP contribution is -2.38. The minimum atomic E-state index is -0.791. The van der Waals surface area contributed by atoms with Crippen molar-refractivity contribution in [2.75, 3.05) is 0 Å². The van der Waals surface area contributed by atoms with Gasteiger partial charge < -0.3 is 4.74 Å². The molecule has 8 nitrogen and oxygen atoms in total. The molecule has 1 aliphatic heterocycles. The summed E-state index contributed by atoms with van der Waals surface area (Å²) in [5, 5.41) is 20.3. The number of hydrogen-bond donors (Lipinski definition) is 0. The van der Waals surface area contributed by atoms with E-state index in [1.807, 2.05) is 0 Å². The number of nitrogens with zero attached hydrogens (tertiary/aromatic N) is 4. The summed E-state index contributed by atoms with van der Waals surface area (Å²) in [5.41, 5.74) is 0.193. The maximum absolute atomic E-state index is 13.3. The minimum absolute atomic E-state index is 0.139. The van der Waals surface area contributed by atoms with Crippen molar-refractivity contribution < 1.29 is 14.5 Å². The number of amidine groups is 1. The van der Waals surface area contributed by atoms with Gasteiger partial charge in [-0.05, 0) is 45.0 Å². The minimum Gasteiger partial charge on any atom is -0.483 e. The fourth-order valence-electron chi connectivity index (χ4n) is 3.09. The summed E-state index contributed by atoms with van der Waals surface area (Å²) in [5.74, 6) is 0.125. The van der Waals surface area contributed by atoms with Crippen LogP contribution in [-0.2, 0) is 0 Å². The number of non-ortho nitro benzene ring substituents is 1. The van der Waals surface area contributed by atoms with Gasteiger partial charge in [0.15, 0.2) is 0 Å². The molecule has 2 aromatic carbocycles. The van der Waals surface area contributed by atoms with E-state index in [9.17, 15) is 14.9 Å². The Bertz CT molecular complexity index is 1080. The molecule has 0 unspecified atom stereocenters. The van der Waals surface area contributed by atoms with Gasteiger partial charge in [-0.1, -0.05) is 18.2 Å². The van der Waals surface area contributed by atoms with Gasteiger partial charge in [0.1, 0.15) is 17.2 Å². The van der Waals surface area contributed by atoms with Crippen LogP contribution in [0, 0.1) is 21.6 Å². The van der Waals surface area contributed by atoms with Crippen LogP contribution in [0.5, 0.6) is 5.75 Å². The van der Waals surface area contributed by atoms with Gasteiger partial charge in [-0.15, -0.1) is 0 Å². The Kier molecular flexibility index (Phi) is 5.15. The Hall–Kier alpha value is -3.99. The van der Waals surface area contributed by atoms with E-state index < -0.39 is 16.4 Å². The quantitative estimate of drug-likeness (QED) is 0.257. The lowest BCUT2D eigenvalue weighted by Gasteiger charge is -2.35. The molecule has 146 valence electrons. The van der Waals surface area contributed by atoms with E-state index in [0.29, 0.717) is 22.6 Å². The van der Waals surface area contributed by atoms with Crippen LogP contribution in [-0.4, -0.2) is 27.2 Å². The number of nitriles is 1. The van der Waals surface area contributed by atoms with E-state index >= 15 is 0 Å². The van der Waals surface area contributed by atoms with E-state index in [1.54, 1.807) is 56.4 Å². The molecule has 1 amide bonds. The predicted octanol–water partition coefficient (Wildman–Crippen LogP) is 4.15. The van der Waals surface area contributed by atoms with Gasteiger partial charge in [0.2, 0.25) is 6.19 Å². The average molecular weight is 390 g/mol. The Morgan fingerprint density at radius 2 is 1.93 bits per heavy atom. The molecule has 0 N–H and O–H groups in total. The summed E-state index contributed by atoms with van der Waals surface area (Å²) >= 11 is 0. The van der Waals surface area contributed by atoms with Crippen molar-refractivity contribution in [1.29, 1.82) is 5.26 Å². The SMILES string of the molecule is CC(=NC#N)N(C(=O)c1ccccc1)C1=CC(C)(C)Oc2ccc([N+](=O)[O-])cc21. The van der Waals surface area contributed by atoms with Crippen molar-refractivity contribution >= 4 is 23.1 Å². The summed E-state index contributed by atoms with van der Waals surface area (Å²) in [6.07, 6.45) is 3.39. The molecular weight excluding hydrogens is 372 g/mol. The van der Waals surface area contributed by atoms with Crippen molar-refractivity contribution in [1.82, 2.24) is 4.90 Å². The molecule has 29 heavy (non-hydrogen) atoms. The first-order chi connectivity index (χ1) is 13.7. The molecule has 0 aliphatic carbocycles. The van der Waals surface area contributed by atoms with Crippen LogP contribution in [0.15, 0.2) is 59.6 Å². The smallest absolute Gasteiger partial charge is 0.270 e. The number of fused-ring (bicyclic) bond motifs is 1. The van der Waals surface area contributed by atoms with Crippen LogP contribution in [0.3, 0.4) is 0 Å². The van der Waals surface area contributed by atoms with Crippen LogP contribution in [0.1, 0.15) is 36.7 Å². The van der Waals surface area contributed by atoms with E-state index in [2.05, 4.69) is 4.99 Å². The molecule has 0 fully saturated rings. The molecule has 0 atom stereocenters. The number of carbonyl (C=O) groups is 1. The molecule has 2 aromatic rings. The van der Waals surface area contributed by atoms with Crippen molar-refractivity contribution in [2.24, 2.45) is 4.99 Å². The van der Waals surface area contributed by atoms with Gasteiger partial charge in [-0.25, -0.2) is 0 Å². The van der Waals surface area contributed by atoms with Crippen molar-refractivity contribution in [3.63, 3.8) is 0 Å². The van der Waals surface area contributed by atoms with Gasteiger partial charge in [-0.2, -0.15) is 10.3 Å². The van der Waals surface area contributed by atoms with Crippen LogP contribution in [0.25, 0.3) is 5.70 Å². The van der Waals surface area contributed by atoms with Gasteiger partial charge in [0.25, 0.3) is 11.6 Å². The second-order valence-corrected chi connectivity index (χ2v) is 6.94. The highest BCUT2D eigenvalue weighted by Gasteiger charge is 2.34. The van der Waals surface area contributed by atoms with Gasteiger partial charge >= 0.3 is 0 Å². The summed E-state index contributed by atoms with van der Waals surface area (Å²) in [6.45, 7) is 5.14. The lowest BCUT2D eigenvalue weighted by atomic mass is 9.97. The standard InChI is InChI=1S/C21H18N4O4/c1-14(23-13-22)24(20(26)15-7-5-4-6-8-15)18-12-21(2,3)29-19-10-9-16(25(27)28)11-17(18)19/h4-12H,1-3H3. The Balaban J connectivity index is 2.24. The maximum atomic E-state index is 13.3. The van der Waals surface area contributed by atoms with Crippen molar-refractivity contribution in [3.8, 4) is 11.9 Å². The zero-order valence-corrected chi connectivity index (χ0v) is 16.1. The van der Waals surface area contributed by atoms with Gasteiger partial charge in [0, 0.05) is 23.3 Å². The Morgan fingerprint density at radius 3 is 2.55 bits per heavy atom. The molecule has 3 rings (SSSR count). The third-order valence-corrected chi connectivity index (χ3v) is 4.31. The third kappa shape index (κ3) is 3.99. The van der Waals surface area contributed by atoms with Crippen molar-refractivity contribution in [2.45, 2.75) is 26.4 Å². The zero-order chi connectivity index (χ0) is 21.2. The van der Waals surface area contributed by atoms with Gasteiger partial charge in [0.05, 0.1) is 10.6 Å². The van der Waals surface area contributed by atoms with E-state index in [-0.39, 0.29) is 11.5 Å². The predicted molar refractivity (Wildman–Crippen MR) is 107 cm³/mol. The average Bonchev–Trinajstić information content (AvgIpc) is 2.67. The molecule has 0 saturated heterocycles. The highest BCUT2D eigenvalue weighted by atomic mass is 16.6. The summed E-state index contributed by atoms with van der Waals surface area (Å²) in [4.78, 5) is 29.1. The van der Waals surface area contributed by atoms with E-state index in [1.165, 1.54) is 30.0 Å². The number of aliphatic imine (C=N–C) groups is 1. The zero-order valence-electron chi connectivity index (χ0n) is 16.1. The first-order valence-corrected chi connectivity index (χ1v) is 8.77. The number of nitro groups is 1. The van der Waals surface area contributed by atoms with Crippen LogP contribution >= 0.6 is 0 Å². The molecule has 0 radical (unpaired) electrons. The second kappa shape index (κ2) is 7.56. The number of nitro benzene ring substituents is 1. The monoisotopic (exact) mass is 390 g/mol. The first-order valence-electron chi connectivity index (χ1n) is 8.77.